The minimum absolute atomic E-state index is 0.130. The molecule has 0 aromatic rings. The smallest absolute Gasteiger partial charge is 0.187 e. The van der Waals surface area contributed by atoms with Gasteiger partial charge in [-0.25, -0.2) is 5.01 Å². The van der Waals surface area contributed by atoms with Gasteiger partial charge in [-0.15, -0.1) is 0 Å². The van der Waals surface area contributed by atoms with Crippen molar-refractivity contribution in [2.45, 2.75) is 25.8 Å². The van der Waals surface area contributed by atoms with Crippen molar-refractivity contribution in [1.82, 2.24) is 15.8 Å². The monoisotopic (exact) mass is 381 g/mol. The number of nitrogens with zero attached hydrogens (tertiary/aromatic N) is 1. The molecule has 2 unspecified atom stereocenters. The van der Waals surface area contributed by atoms with Gasteiger partial charge in [0.15, 0.2) is 6.29 Å². The Balaban J connectivity index is 4.06. The van der Waals surface area contributed by atoms with E-state index in [9.17, 15) is 0 Å². The van der Waals surface area contributed by atoms with Crippen molar-refractivity contribution < 1.29 is 28.4 Å². The van der Waals surface area contributed by atoms with Gasteiger partial charge in [0, 0.05) is 34.9 Å². The Hall–Kier alpha value is -0.360. The van der Waals surface area contributed by atoms with Crippen molar-refractivity contribution in [3.05, 3.63) is 0 Å². The molecule has 2 atom stereocenters. The molecule has 26 heavy (non-hydrogen) atoms. The lowest BCUT2D eigenvalue weighted by Gasteiger charge is -2.34. The predicted octanol–water partition coefficient (Wildman–Crippen LogP) is 0.0636. The van der Waals surface area contributed by atoms with Crippen LogP contribution in [-0.2, 0) is 28.4 Å². The van der Waals surface area contributed by atoms with Gasteiger partial charge >= 0.3 is 0 Å². The summed E-state index contributed by atoms with van der Waals surface area (Å²) >= 11 is 0. The van der Waals surface area contributed by atoms with Crippen LogP contribution in [0.25, 0.3) is 0 Å². The molecule has 9 heteroatoms. The fraction of sp³-hybridized carbons (Fsp3) is 1.00. The summed E-state index contributed by atoms with van der Waals surface area (Å²) in [6.45, 7) is 7.56. The van der Waals surface area contributed by atoms with E-state index >= 15 is 0 Å². The summed E-state index contributed by atoms with van der Waals surface area (Å²) in [5, 5.41) is 5.38. The molecular formula is C17H39N3O6. The molecule has 0 fully saturated rings. The summed E-state index contributed by atoms with van der Waals surface area (Å²) in [7, 11) is 6.89. The van der Waals surface area contributed by atoms with E-state index in [1.165, 1.54) is 0 Å². The molecule has 0 aliphatic rings. The number of hydrazine groups is 1. The van der Waals surface area contributed by atoms with Gasteiger partial charge in [-0.3, -0.25) is 10.7 Å². The molecular weight excluding hydrogens is 342 g/mol. The minimum atomic E-state index is -0.413. The van der Waals surface area contributed by atoms with E-state index < -0.39 is 6.29 Å². The summed E-state index contributed by atoms with van der Waals surface area (Å²) in [5.41, 5.74) is 3.30. The van der Waals surface area contributed by atoms with E-state index in [1.54, 1.807) is 21.3 Å². The zero-order chi connectivity index (χ0) is 19.5. The Morgan fingerprint density at radius 3 is 2.04 bits per heavy atom. The van der Waals surface area contributed by atoms with Crippen LogP contribution in [0.1, 0.15) is 13.3 Å². The molecule has 0 bridgehead atoms. The normalized spacial score (nSPS) is 14.1. The highest BCUT2D eigenvalue weighted by atomic mass is 16.7. The number of nitrogens with one attached hydrogen (secondary N) is 2. The minimum Gasteiger partial charge on any atom is -0.382 e. The second-order valence-electron chi connectivity index (χ2n) is 5.60. The Kier molecular flexibility index (Phi) is 19.1. The van der Waals surface area contributed by atoms with Crippen molar-refractivity contribution in [2.75, 3.05) is 87.7 Å². The van der Waals surface area contributed by atoms with Gasteiger partial charge in [-0.2, -0.15) is 0 Å². The van der Waals surface area contributed by atoms with Gasteiger partial charge in [-0.1, -0.05) is 6.92 Å². The van der Waals surface area contributed by atoms with Gasteiger partial charge in [-0.05, 0) is 13.0 Å². The molecule has 0 amide bonds. The first kappa shape index (κ1) is 25.6. The lowest BCUT2D eigenvalue weighted by atomic mass is 10.4. The van der Waals surface area contributed by atoms with E-state index in [4.69, 9.17) is 28.4 Å². The second-order valence-corrected chi connectivity index (χ2v) is 5.60. The van der Waals surface area contributed by atoms with Crippen LogP contribution in [0.3, 0.4) is 0 Å². The van der Waals surface area contributed by atoms with Crippen molar-refractivity contribution in [2.24, 2.45) is 0 Å². The van der Waals surface area contributed by atoms with Gasteiger partial charge in [0.25, 0.3) is 0 Å². The SMILES string of the molecule is CCCNC(C(OC)OCCOC)N(C)NCCOCCOCCOC. The summed E-state index contributed by atoms with van der Waals surface area (Å²) in [5.74, 6) is 0. The molecule has 0 saturated carbocycles. The zero-order valence-corrected chi connectivity index (χ0v) is 17.1. The molecule has 0 spiro atoms. The standard InChI is InChI=1S/C17H39N3O6/c1-6-7-18-16(17(23-5)26-15-11-22-4)20(2)19-8-9-24-13-14-25-12-10-21-3/h16-19H,6-15H2,1-5H3. The first-order chi connectivity index (χ1) is 12.7. The largest absolute Gasteiger partial charge is 0.382 e. The first-order valence-corrected chi connectivity index (χ1v) is 9.18. The van der Waals surface area contributed by atoms with Crippen LogP contribution in [0.4, 0.5) is 0 Å². The maximum atomic E-state index is 5.75. The van der Waals surface area contributed by atoms with Crippen LogP contribution >= 0.6 is 0 Å². The van der Waals surface area contributed by atoms with Crippen molar-refractivity contribution >= 4 is 0 Å². The highest BCUT2D eigenvalue weighted by Gasteiger charge is 2.25. The number of ether oxygens (including phenoxy) is 6. The topological polar surface area (TPSA) is 82.7 Å². The molecule has 0 aromatic carbocycles. The third-order valence-corrected chi connectivity index (χ3v) is 3.49. The second kappa shape index (κ2) is 19.4. The highest BCUT2D eigenvalue weighted by molar-refractivity contribution is 4.68. The molecule has 0 radical (unpaired) electrons. The molecule has 158 valence electrons. The van der Waals surface area contributed by atoms with Gasteiger partial charge in [0.2, 0.25) is 0 Å². The Morgan fingerprint density at radius 1 is 0.808 bits per heavy atom. The van der Waals surface area contributed by atoms with Crippen LogP contribution in [0.2, 0.25) is 0 Å². The molecule has 0 rings (SSSR count). The van der Waals surface area contributed by atoms with Crippen molar-refractivity contribution in [3.63, 3.8) is 0 Å². The fourth-order valence-electron chi connectivity index (χ4n) is 2.10. The Morgan fingerprint density at radius 2 is 1.42 bits per heavy atom. The maximum absolute atomic E-state index is 5.75. The summed E-state index contributed by atoms with van der Waals surface area (Å²) < 4.78 is 32.1. The number of hydrogen-bond acceptors (Lipinski definition) is 9. The number of hydrogen-bond donors (Lipinski definition) is 2. The molecule has 0 aromatic heterocycles. The number of likely N-dealkylation sites (N-methyl/N-ethyl adjacent to an activating group) is 1. The van der Waals surface area contributed by atoms with E-state index in [0.717, 1.165) is 13.0 Å². The van der Waals surface area contributed by atoms with Crippen molar-refractivity contribution in [1.29, 1.82) is 0 Å². The van der Waals surface area contributed by atoms with Gasteiger partial charge in [0.05, 0.1) is 46.2 Å². The molecule has 0 heterocycles. The average Bonchev–Trinajstić information content (AvgIpc) is 2.65. The predicted molar refractivity (Wildman–Crippen MR) is 100.0 cm³/mol. The fourth-order valence-corrected chi connectivity index (χ4v) is 2.10. The van der Waals surface area contributed by atoms with Crippen LogP contribution in [0.15, 0.2) is 0 Å². The molecule has 0 saturated heterocycles. The maximum Gasteiger partial charge on any atom is 0.187 e. The summed E-state index contributed by atoms with van der Waals surface area (Å²) in [6, 6.07) is 0. The zero-order valence-electron chi connectivity index (χ0n) is 17.1. The molecule has 2 N–H and O–H groups in total. The van der Waals surface area contributed by atoms with E-state index in [-0.39, 0.29) is 6.17 Å². The first-order valence-electron chi connectivity index (χ1n) is 9.18. The highest BCUT2D eigenvalue weighted by Crippen LogP contribution is 2.04. The van der Waals surface area contributed by atoms with Gasteiger partial charge < -0.3 is 28.4 Å². The van der Waals surface area contributed by atoms with E-state index in [0.29, 0.717) is 52.8 Å². The van der Waals surface area contributed by atoms with Gasteiger partial charge in [0.1, 0.15) is 6.17 Å². The number of rotatable bonds is 20. The Bertz CT molecular complexity index is 289. The third-order valence-electron chi connectivity index (χ3n) is 3.49. The van der Waals surface area contributed by atoms with Crippen LogP contribution in [-0.4, -0.2) is 105 Å². The summed E-state index contributed by atoms with van der Waals surface area (Å²) in [4.78, 5) is 0. The molecule has 9 nitrogen and oxygen atoms in total. The van der Waals surface area contributed by atoms with Crippen LogP contribution < -0.4 is 10.7 Å². The lowest BCUT2D eigenvalue weighted by molar-refractivity contribution is -0.179. The molecule has 0 aliphatic heterocycles. The van der Waals surface area contributed by atoms with E-state index in [2.05, 4.69) is 17.7 Å². The Labute approximate surface area is 158 Å². The van der Waals surface area contributed by atoms with Crippen molar-refractivity contribution in [3.8, 4) is 0 Å². The third kappa shape index (κ3) is 13.8. The van der Waals surface area contributed by atoms with Crippen LogP contribution in [0, 0.1) is 0 Å². The van der Waals surface area contributed by atoms with Crippen LogP contribution in [0.5, 0.6) is 0 Å². The summed E-state index contributed by atoms with van der Waals surface area (Å²) in [6.07, 6.45) is 0.476. The lowest BCUT2D eigenvalue weighted by Crippen LogP contribution is -2.58. The molecule has 0 aliphatic carbocycles. The average molecular weight is 382 g/mol. The number of methoxy groups -OCH3 is 3. The van der Waals surface area contributed by atoms with E-state index in [1.807, 2.05) is 12.1 Å². The quantitative estimate of drug-likeness (QED) is 0.173.